The fourth-order valence-corrected chi connectivity index (χ4v) is 3.23. The van der Waals surface area contributed by atoms with Gasteiger partial charge in [-0.25, -0.2) is 4.79 Å². The fourth-order valence-electron chi connectivity index (χ4n) is 2.43. The second-order valence-electron chi connectivity index (χ2n) is 5.25. The Morgan fingerprint density at radius 1 is 1.00 bits per heavy atom. The van der Waals surface area contributed by atoms with Crippen LogP contribution in [0.15, 0.2) is 61.7 Å². The van der Waals surface area contributed by atoms with E-state index in [-0.39, 0.29) is 5.43 Å². The van der Waals surface area contributed by atoms with Gasteiger partial charge in [0.25, 0.3) is 0 Å². The lowest BCUT2D eigenvalue weighted by molar-refractivity contribution is 0.0600. The molecule has 0 aliphatic rings. The zero-order valence-corrected chi connectivity index (χ0v) is 15.2. The van der Waals surface area contributed by atoms with Crippen molar-refractivity contribution in [2.45, 2.75) is 9.99 Å². The standard InChI is InChI=1S/C19H16O6S/c1-22-12-8-15(23-2)18-14(20)10-17(25-16(18)9-12)26-13-6-4-11(5-7-13)19(21)24-3/h4-10H,1-3H3. The molecule has 6 nitrogen and oxygen atoms in total. The van der Waals surface area contributed by atoms with Gasteiger partial charge in [0, 0.05) is 23.1 Å². The van der Waals surface area contributed by atoms with E-state index in [0.717, 1.165) is 4.90 Å². The van der Waals surface area contributed by atoms with Gasteiger partial charge in [-0.2, -0.15) is 0 Å². The number of hydrogen-bond donors (Lipinski definition) is 0. The maximum absolute atomic E-state index is 12.5. The second kappa shape index (κ2) is 7.53. The summed E-state index contributed by atoms with van der Waals surface area (Å²) >= 11 is 1.27. The third-order valence-electron chi connectivity index (χ3n) is 3.69. The molecule has 2 aromatic carbocycles. The Kier molecular flexibility index (Phi) is 5.18. The van der Waals surface area contributed by atoms with Gasteiger partial charge >= 0.3 is 5.97 Å². The minimum atomic E-state index is -0.405. The van der Waals surface area contributed by atoms with Crippen molar-refractivity contribution in [3.05, 3.63) is 58.3 Å². The molecule has 7 heteroatoms. The van der Waals surface area contributed by atoms with Crippen LogP contribution in [0.5, 0.6) is 11.5 Å². The van der Waals surface area contributed by atoms with Gasteiger partial charge in [-0.1, -0.05) is 11.8 Å². The van der Waals surface area contributed by atoms with Crippen LogP contribution in [0.2, 0.25) is 0 Å². The lowest BCUT2D eigenvalue weighted by atomic mass is 10.2. The predicted molar refractivity (Wildman–Crippen MR) is 97.5 cm³/mol. The molecule has 0 saturated heterocycles. The second-order valence-corrected chi connectivity index (χ2v) is 6.33. The van der Waals surface area contributed by atoms with E-state index in [1.165, 1.54) is 39.2 Å². The van der Waals surface area contributed by atoms with Gasteiger partial charge in [-0.15, -0.1) is 0 Å². The van der Waals surface area contributed by atoms with Crippen LogP contribution >= 0.6 is 11.8 Å². The first-order chi connectivity index (χ1) is 12.5. The van der Waals surface area contributed by atoms with Crippen molar-refractivity contribution in [3.63, 3.8) is 0 Å². The zero-order valence-electron chi connectivity index (χ0n) is 14.4. The minimum absolute atomic E-state index is 0.209. The Morgan fingerprint density at radius 3 is 2.35 bits per heavy atom. The highest BCUT2D eigenvalue weighted by atomic mass is 32.2. The number of methoxy groups -OCH3 is 3. The van der Waals surface area contributed by atoms with E-state index in [9.17, 15) is 9.59 Å². The van der Waals surface area contributed by atoms with Gasteiger partial charge in [0.15, 0.2) is 10.5 Å². The van der Waals surface area contributed by atoms with Crippen LogP contribution < -0.4 is 14.9 Å². The van der Waals surface area contributed by atoms with Gasteiger partial charge in [0.1, 0.15) is 22.5 Å². The van der Waals surface area contributed by atoms with Crippen LogP contribution in [0.1, 0.15) is 10.4 Å². The Labute approximate surface area is 153 Å². The Morgan fingerprint density at radius 2 is 1.73 bits per heavy atom. The summed E-state index contributed by atoms with van der Waals surface area (Å²) < 4.78 is 21.0. The molecule has 0 saturated carbocycles. The quantitative estimate of drug-likeness (QED) is 0.631. The highest BCUT2D eigenvalue weighted by molar-refractivity contribution is 7.99. The predicted octanol–water partition coefficient (Wildman–Crippen LogP) is 3.75. The molecule has 0 N–H and O–H groups in total. The average molecular weight is 372 g/mol. The van der Waals surface area contributed by atoms with Gasteiger partial charge in [-0.3, -0.25) is 4.79 Å². The van der Waals surface area contributed by atoms with E-state index in [2.05, 4.69) is 4.74 Å². The number of benzene rings is 2. The van der Waals surface area contributed by atoms with Crippen molar-refractivity contribution in [1.82, 2.24) is 0 Å². The molecule has 134 valence electrons. The molecule has 0 radical (unpaired) electrons. The number of hydrogen-bond acceptors (Lipinski definition) is 7. The van der Waals surface area contributed by atoms with Crippen molar-refractivity contribution in [1.29, 1.82) is 0 Å². The smallest absolute Gasteiger partial charge is 0.337 e. The highest BCUT2D eigenvalue weighted by Crippen LogP contribution is 2.33. The van der Waals surface area contributed by atoms with Crippen LogP contribution in [0, 0.1) is 0 Å². The zero-order chi connectivity index (χ0) is 18.7. The molecule has 0 bridgehead atoms. The number of ether oxygens (including phenoxy) is 3. The summed E-state index contributed by atoms with van der Waals surface area (Å²) in [5, 5.41) is 0.780. The summed E-state index contributed by atoms with van der Waals surface area (Å²) in [6.07, 6.45) is 0. The minimum Gasteiger partial charge on any atom is -0.496 e. The number of rotatable bonds is 5. The molecule has 0 fully saturated rings. The highest BCUT2D eigenvalue weighted by Gasteiger charge is 2.14. The first-order valence-corrected chi connectivity index (χ1v) is 8.43. The maximum atomic E-state index is 12.5. The van der Waals surface area contributed by atoms with Crippen molar-refractivity contribution in [3.8, 4) is 11.5 Å². The summed E-state index contributed by atoms with van der Waals surface area (Å²) in [6.45, 7) is 0. The molecule has 0 aliphatic carbocycles. The Balaban J connectivity index is 1.98. The number of carbonyl (C=O) groups is 1. The number of esters is 1. The third-order valence-corrected chi connectivity index (χ3v) is 4.61. The molecule has 1 heterocycles. The van der Waals surface area contributed by atoms with Gasteiger partial charge < -0.3 is 18.6 Å². The molecule has 26 heavy (non-hydrogen) atoms. The first-order valence-electron chi connectivity index (χ1n) is 7.62. The van der Waals surface area contributed by atoms with Crippen molar-refractivity contribution < 1.29 is 23.4 Å². The number of fused-ring (bicyclic) bond motifs is 1. The Bertz CT molecular complexity index is 1010. The van der Waals surface area contributed by atoms with Crippen LogP contribution in [0.3, 0.4) is 0 Å². The van der Waals surface area contributed by atoms with E-state index in [1.54, 1.807) is 36.4 Å². The van der Waals surface area contributed by atoms with Gasteiger partial charge in [-0.05, 0) is 24.3 Å². The van der Waals surface area contributed by atoms with Gasteiger partial charge in [0.2, 0.25) is 0 Å². The lowest BCUT2D eigenvalue weighted by Crippen LogP contribution is -2.03. The van der Waals surface area contributed by atoms with E-state index in [0.29, 0.717) is 33.1 Å². The molecule has 0 amide bonds. The Hall–Kier alpha value is -2.93. The average Bonchev–Trinajstić information content (AvgIpc) is 2.66. The van der Waals surface area contributed by atoms with Crippen LogP contribution in [-0.2, 0) is 4.74 Å². The van der Waals surface area contributed by atoms with E-state index in [4.69, 9.17) is 13.9 Å². The fraction of sp³-hybridized carbons (Fsp3) is 0.158. The first kappa shape index (κ1) is 17.9. The molecule has 0 aliphatic heterocycles. The van der Waals surface area contributed by atoms with Crippen LogP contribution in [0.25, 0.3) is 11.0 Å². The molecule has 1 aromatic heterocycles. The van der Waals surface area contributed by atoms with Crippen molar-refractivity contribution in [2.75, 3.05) is 21.3 Å². The molecule has 0 unspecified atom stereocenters. The lowest BCUT2D eigenvalue weighted by Gasteiger charge is -2.09. The van der Waals surface area contributed by atoms with E-state index < -0.39 is 5.97 Å². The summed E-state index contributed by atoms with van der Waals surface area (Å²) in [5.41, 5.74) is 0.619. The van der Waals surface area contributed by atoms with E-state index in [1.807, 2.05) is 0 Å². The normalized spacial score (nSPS) is 10.6. The van der Waals surface area contributed by atoms with Crippen molar-refractivity contribution >= 4 is 28.7 Å². The SMILES string of the molecule is COC(=O)c1ccc(Sc2cc(=O)c3c(OC)cc(OC)cc3o2)cc1. The largest absolute Gasteiger partial charge is 0.496 e. The maximum Gasteiger partial charge on any atom is 0.337 e. The summed E-state index contributed by atoms with van der Waals surface area (Å²) in [5.74, 6) is 0.520. The molecule has 0 atom stereocenters. The molecule has 3 aromatic rings. The van der Waals surface area contributed by atoms with E-state index >= 15 is 0 Å². The molecule has 0 spiro atoms. The summed E-state index contributed by atoms with van der Waals surface area (Å²) in [7, 11) is 4.34. The molecular formula is C19H16O6S. The molecule has 3 rings (SSSR count). The third kappa shape index (κ3) is 3.52. The van der Waals surface area contributed by atoms with Crippen LogP contribution in [-0.4, -0.2) is 27.3 Å². The monoisotopic (exact) mass is 372 g/mol. The summed E-state index contributed by atoms with van der Waals surface area (Å²) in [4.78, 5) is 24.8. The van der Waals surface area contributed by atoms with Crippen LogP contribution in [0.4, 0.5) is 0 Å². The number of carbonyl (C=O) groups excluding carboxylic acids is 1. The van der Waals surface area contributed by atoms with Gasteiger partial charge in [0.05, 0.1) is 26.9 Å². The summed E-state index contributed by atoms with van der Waals surface area (Å²) in [6, 6.07) is 11.5. The van der Waals surface area contributed by atoms with Crippen molar-refractivity contribution in [2.24, 2.45) is 0 Å². The molecular weight excluding hydrogens is 356 g/mol. The topological polar surface area (TPSA) is 75.0 Å².